The standard InChI is InChI=1S/C15H24N2/c1-6-8-14(7-2)17(16-5)15-11-12(3)9-10-13(15)4/h7,9-11,16H,6,8H2,1-5H3/b14-7-. The molecule has 2 heteroatoms. The highest BCUT2D eigenvalue weighted by Gasteiger charge is 2.11. The summed E-state index contributed by atoms with van der Waals surface area (Å²) in [6, 6.07) is 6.56. The molecule has 0 saturated heterocycles. The molecule has 0 heterocycles. The van der Waals surface area contributed by atoms with Crippen molar-refractivity contribution in [2.75, 3.05) is 12.1 Å². The van der Waals surface area contributed by atoms with E-state index in [0.29, 0.717) is 0 Å². The predicted molar refractivity (Wildman–Crippen MR) is 76.1 cm³/mol. The Hall–Kier alpha value is -1.28. The van der Waals surface area contributed by atoms with Crippen LogP contribution >= 0.6 is 0 Å². The van der Waals surface area contributed by atoms with Crippen molar-refractivity contribution in [2.45, 2.75) is 40.5 Å². The van der Waals surface area contributed by atoms with Crippen LogP contribution in [-0.2, 0) is 0 Å². The van der Waals surface area contributed by atoms with Crippen molar-refractivity contribution in [2.24, 2.45) is 0 Å². The Balaban J connectivity index is 3.12. The van der Waals surface area contributed by atoms with Crippen LogP contribution in [0.25, 0.3) is 0 Å². The number of anilines is 1. The minimum atomic E-state index is 1.09. The highest BCUT2D eigenvalue weighted by molar-refractivity contribution is 5.57. The molecule has 0 aliphatic rings. The van der Waals surface area contributed by atoms with Crippen LogP contribution in [0.5, 0.6) is 0 Å². The maximum Gasteiger partial charge on any atom is 0.0605 e. The van der Waals surface area contributed by atoms with Crippen molar-refractivity contribution in [1.29, 1.82) is 0 Å². The molecule has 1 aromatic rings. The van der Waals surface area contributed by atoms with Gasteiger partial charge in [-0.3, -0.25) is 5.01 Å². The minimum absolute atomic E-state index is 1.09. The average Bonchev–Trinajstić information content (AvgIpc) is 2.33. The van der Waals surface area contributed by atoms with Crippen molar-refractivity contribution in [1.82, 2.24) is 5.43 Å². The molecule has 2 nitrogen and oxygen atoms in total. The Kier molecular flexibility index (Phi) is 5.23. The van der Waals surface area contributed by atoms with Gasteiger partial charge >= 0.3 is 0 Å². The molecule has 0 bridgehead atoms. The van der Waals surface area contributed by atoms with Crippen LogP contribution < -0.4 is 10.4 Å². The second-order valence-corrected chi connectivity index (χ2v) is 4.38. The lowest BCUT2D eigenvalue weighted by Gasteiger charge is -2.28. The first kappa shape index (κ1) is 13.8. The first-order valence-corrected chi connectivity index (χ1v) is 6.34. The summed E-state index contributed by atoms with van der Waals surface area (Å²) in [7, 11) is 1.97. The summed E-state index contributed by atoms with van der Waals surface area (Å²) in [6.07, 6.45) is 4.43. The van der Waals surface area contributed by atoms with Crippen LogP contribution in [0.1, 0.15) is 37.8 Å². The van der Waals surface area contributed by atoms with Gasteiger partial charge in [0, 0.05) is 12.7 Å². The number of nitrogens with zero attached hydrogens (tertiary/aromatic N) is 1. The summed E-state index contributed by atoms with van der Waals surface area (Å²) >= 11 is 0. The fourth-order valence-electron chi connectivity index (χ4n) is 2.02. The zero-order valence-corrected chi connectivity index (χ0v) is 11.7. The van der Waals surface area contributed by atoms with Gasteiger partial charge in [-0.2, -0.15) is 0 Å². The normalized spacial score (nSPS) is 11.7. The Labute approximate surface area is 105 Å². The van der Waals surface area contributed by atoms with E-state index in [0.717, 1.165) is 12.8 Å². The molecule has 0 fully saturated rings. The van der Waals surface area contributed by atoms with Crippen molar-refractivity contribution < 1.29 is 0 Å². The second kappa shape index (κ2) is 6.45. The van der Waals surface area contributed by atoms with Gasteiger partial charge in [0.1, 0.15) is 0 Å². The largest absolute Gasteiger partial charge is 0.281 e. The zero-order chi connectivity index (χ0) is 12.8. The molecule has 94 valence electrons. The summed E-state index contributed by atoms with van der Waals surface area (Å²) in [4.78, 5) is 0. The highest BCUT2D eigenvalue weighted by atomic mass is 15.5. The minimum Gasteiger partial charge on any atom is -0.281 e. The number of aryl methyl sites for hydroxylation is 2. The summed E-state index contributed by atoms with van der Waals surface area (Å²) < 4.78 is 0. The lowest BCUT2D eigenvalue weighted by atomic mass is 10.1. The van der Waals surface area contributed by atoms with Gasteiger partial charge in [-0.25, -0.2) is 5.43 Å². The van der Waals surface area contributed by atoms with E-state index in [-0.39, 0.29) is 0 Å². The zero-order valence-electron chi connectivity index (χ0n) is 11.7. The number of allylic oxidation sites excluding steroid dienone is 2. The number of benzene rings is 1. The molecule has 1 aromatic carbocycles. The third-order valence-electron chi connectivity index (χ3n) is 2.96. The van der Waals surface area contributed by atoms with Crippen LogP contribution in [-0.4, -0.2) is 7.05 Å². The van der Waals surface area contributed by atoms with E-state index < -0.39 is 0 Å². The second-order valence-electron chi connectivity index (χ2n) is 4.38. The van der Waals surface area contributed by atoms with Crippen molar-refractivity contribution in [3.05, 3.63) is 41.1 Å². The molecule has 1 N–H and O–H groups in total. The van der Waals surface area contributed by atoms with Crippen LogP contribution in [0.4, 0.5) is 5.69 Å². The van der Waals surface area contributed by atoms with Crippen LogP contribution in [0.2, 0.25) is 0 Å². The van der Waals surface area contributed by atoms with E-state index in [9.17, 15) is 0 Å². The van der Waals surface area contributed by atoms with Gasteiger partial charge in [0.25, 0.3) is 0 Å². The molecule has 0 unspecified atom stereocenters. The number of rotatable bonds is 5. The summed E-state index contributed by atoms with van der Waals surface area (Å²) in [6.45, 7) is 8.59. The molecule has 0 amide bonds. The van der Waals surface area contributed by atoms with Crippen molar-refractivity contribution in [3.8, 4) is 0 Å². The molecule has 0 aliphatic heterocycles. The van der Waals surface area contributed by atoms with Crippen LogP contribution in [0.15, 0.2) is 30.0 Å². The average molecular weight is 232 g/mol. The molecule has 17 heavy (non-hydrogen) atoms. The van der Waals surface area contributed by atoms with Crippen molar-refractivity contribution >= 4 is 5.69 Å². The molecule has 0 atom stereocenters. The Morgan fingerprint density at radius 1 is 1.35 bits per heavy atom. The van der Waals surface area contributed by atoms with E-state index >= 15 is 0 Å². The fraction of sp³-hybridized carbons (Fsp3) is 0.467. The summed E-state index contributed by atoms with van der Waals surface area (Å²) in [5, 5.41) is 2.19. The van der Waals surface area contributed by atoms with Crippen LogP contribution in [0.3, 0.4) is 0 Å². The lowest BCUT2D eigenvalue weighted by molar-refractivity contribution is 0.730. The molecular formula is C15H24N2. The lowest BCUT2D eigenvalue weighted by Crippen LogP contribution is -2.34. The van der Waals surface area contributed by atoms with E-state index in [4.69, 9.17) is 0 Å². The van der Waals surface area contributed by atoms with Gasteiger partial charge in [0.2, 0.25) is 0 Å². The number of hydrogen-bond donors (Lipinski definition) is 1. The molecule has 0 radical (unpaired) electrons. The summed E-state index contributed by atoms with van der Waals surface area (Å²) in [5.41, 5.74) is 8.44. The Morgan fingerprint density at radius 3 is 2.59 bits per heavy atom. The molecule has 1 rings (SSSR count). The topological polar surface area (TPSA) is 15.3 Å². The number of hydrogen-bond acceptors (Lipinski definition) is 2. The van der Waals surface area contributed by atoms with E-state index in [2.05, 4.69) is 62.4 Å². The van der Waals surface area contributed by atoms with Gasteiger partial charge < -0.3 is 0 Å². The third kappa shape index (κ3) is 3.34. The summed E-state index contributed by atoms with van der Waals surface area (Å²) in [5.74, 6) is 0. The highest BCUT2D eigenvalue weighted by Crippen LogP contribution is 2.25. The van der Waals surface area contributed by atoms with Gasteiger partial charge in [-0.05, 0) is 44.4 Å². The third-order valence-corrected chi connectivity index (χ3v) is 2.96. The Morgan fingerprint density at radius 2 is 2.06 bits per heavy atom. The first-order chi connectivity index (χ1) is 8.13. The maximum atomic E-state index is 3.29. The SMILES string of the molecule is C/C=C(/CCC)N(NC)c1cc(C)ccc1C. The van der Waals surface area contributed by atoms with E-state index in [1.165, 1.54) is 22.5 Å². The monoisotopic (exact) mass is 232 g/mol. The fourth-order valence-corrected chi connectivity index (χ4v) is 2.02. The van der Waals surface area contributed by atoms with Crippen molar-refractivity contribution in [3.63, 3.8) is 0 Å². The smallest absolute Gasteiger partial charge is 0.0605 e. The van der Waals surface area contributed by atoms with Crippen LogP contribution in [0, 0.1) is 13.8 Å². The van der Waals surface area contributed by atoms with Gasteiger partial charge in [0.05, 0.1) is 5.69 Å². The van der Waals surface area contributed by atoms with Gasteiger partial charge in [-0.15, -0.1) is 0 Å². The van der Waals surface area contributed by atoms with E-state index in [1.807, 2.05) is 7.05 Å². The molecule has 0 aromatic heterocycles. The molecule has 0 spiro atoms. The number of hydrazine groups is 1. The number of nitrogens with one attached hydrogen (secondary N) is 1. The van der Waals surface area contributed by atoms with Gasteiger partial charge in [0.15, 0.2) is 0 Å². The predicted octanol–water partition coefficient (Wildman–Crippen LogP) is 3.95. The quantitative estimate of drug-likeness (QED) is 0.773. The van der Waals surface area contributed by atoms with E-state index in [1.54, 1.807) is 0 Å². The first-order valence-electron chi connectivity index (χ1n) is 6.34. The maximum absolute atomic E-state index is 3.29. The molecule has 0 saturated carbocycles. The van der Waals surface area contributed by atoms with Gasteiger partial charge in [-0.1, -0.05) is 31.6 Å². The molecule has 0 aliphatic carbocycles. The Bertz CT molecular complexity index is 394. The molecular weight excluding hydrogens is 208 g/mol.